The quantitative estimate of drug-likeness (QED) is 0.761. The zero-order valence-corrected chi connectivity index (χ0v) is 12.4. The van der Waals surface area contributed by atoms with Crippen LogP contribution in [0.2, 0.25) is 0 Å². The fourth-order valence-electron chi connectivity index (χ4n) is 2.36. The van der Waals surface area contributed by atoms with Crippen LogP contribution in [0.25, 0.3) is 0 Å². The topological polar surface area (TPSA) is 35.5 Å². The normalized spacial score (nSPS) is 11.7. The van der Waals surface area contributed by atoms with E-state index in [1.165, 1.54) is 0 Å². The highest BCUT2D eigenvalue weighted by Gasteiger charge is 2.23. The zero-order chi connectivity index (χ0) is 15.1. The molecule has 0 aliphatic carbocycles. The van der Waals surface area contributed by atoms with Gasteiger partial charge >= 0.3 is 5.97 Å². The molecule has 0 bridgehead atoms. The minimum absolute atomic E-state index is 0.199. The first-order chi connectivity index (χ1) is 10.3. The maximum Gasteiger partial charge on any atom is 0.313 e. The van der Waals surface area contributed by atoms with Gasteiger partial charge in [0.05, 0.1) is 19.6 Å². The van der Waals surface area contributed by atoms with E-state index in [0.717, 1.165) is 16.9 Å². The van der Waals surface area contributed by atoms with Gasteiger partial charge in [-0.1, -0.05) is 48.5 Å². The van der Waals surface area contributed by atoms with Gasteiger partial charge in [-0.05, 0) is 30.5 Å². The van der Waals surface area contributed by atoms with Gasteiger partial charge in [0, 0.05) is 0 Å². The predicted molar refractivity (Wildman–Crippen MR) is 82.5 cm³/mol. The molecule has 0 amide bonds. The SMILES string of the molecule is CCOC(=O)C(Cc1ccccc1OC)c1ccccc1. The Morgan fingerprint density at radius 3 is 2.38 bits per heavy atom. The van der Waals surface area contributed by atoms with Crippen molar-refractivity contribution in [1.29, 1.82) is 0 Å². The van der Waals surface area contributed by atoms with Gasteiger partial charge in [0.15, 0.2) is 0 Å². The van der Waals surface area contributed by atoms with Crippen LogP contribution >= 0.6 is 0 Å². The third kappa shape index (κ3) is 3.85. The van der Waals surface area contributed by atoms with E-state index in [2.05, 4.69) is 0 Å². The molecule has 0 aliphatic heterocycles. The molecule has 0 saturated heterocycles. The summed E-state index contributed by atoms with van der Waals surface area (Å²) in [7, 11) is 1.64. The van der Waals surface area contributed by atoms with Gasteiger partial charge < -0.3 is 9.47 Å². The molecule has 0 fully saturated rings. The summed E-state index contributed by atoms with van der Waals surface area (Å²) < 4.78 is 10.6. The van der Waals surface area contributed by atoms with E-state index in [1.807, 2.05) is 61.5 Å². The Kier molecular flexibility index (Phi) is 5.38. The smallest absolute Gasteiger partial charge is 0.313 e. The average Bonchev–Trinajstić information content (AvgIpc) is 2.54. The summed E-state index contributed by atoms with van der Waals surface area (Å²) >= 11 is 0. The number of hydrogen-bond donors (Lipinski definition) is 0. The predicted octanol–water partition coefficient (Wildman–Crippen LogP) is 3.58. The molecule has 0 aromatic heterocycles. The molecule has 3 heteroatoms. The number of methoxy groups -OCH3 is 1. The minimum Gasteiger partial charge on any atom is -0.496 e. The van der Waals surface area contributed by atoms with Crippen LogP contribution in [0.15, 0.2) is 54.6 Å². The van der Waals surface area contributed by atoms with Gasteiger partial charge in [0.2, 0.25) is 0 Å². The van der Waals surface area contributed by atoms with Crippen LogP contribution in [0.5, 0.6) is 5.75 Å². The Morgan fingerprint density at radius 2 is 1.71 bits per heavy atom. The molecule has 2 aromatic carbocycles. The third-order valence-electron chi connectivity index (χ3n) is 3.39. The van der Waals surface area contributed by atoms with E-state index in [0.29, 0.717) is 13.0 Å². The Bertz CT molecular complexity index is 578. The van der Waals surface area contributed by atoms with Crippen LogP contribution < -0.4 is 4.74 Å². The molecular weight excluding hydrogens is 264 g/mol. The molecular formula is C18H20O3. The lowest BCUT2D eigenvalue weighted by Gasteiger charge is -2.17. The van der Waals surface area contributed by atoms with Gasteiger partial charge in [-0.15, -0.1) is 0 Å². The molecule has 0 N–H and O–H groups in total. The van der Waals surface area contributed by atoms with Crippen molar-refractivity contribution in [2.24, 2.45) is 0 Å². The van der Waals surface area contributed by atoms with E-state index in [1.54, 1.807) is 7.11 Å². The lowest BCUT2D eigenvalue weighted by molar-refractivity contribution is -0.144. The molecule has 0 saturated carbocycles. The van der Waals surface area contributed by atoms with Crippen LogP contribution in [0, 0.1) is 0 Å². The van der Waals surface area contributed by atoms with Crippen LogP contribution in [-0.4, -0.2) is 19.7 Å². The van der Waals surface area contributed by atoms with Gasteiger partial charge in [-0.3, -0.25) is 4.79 Å². The van der Waals surface area contributed by atoms with Gasteiger partial charge in [-0.2, -0.15) is 0 Å². The number of ether oxygens (including phenoxy) is 2. The first kappa shape index (κ1) is 15.1. The molecule has 110 valence electrons. The fourth-order valence-corrected chi connectivity index (χ4v) is 2.36. The third-order valence-corrected chi connectivity index (χ3v) is 3.39. The molecule has 2 rings (SSSR count). The van der Waals surface area contributed by atoms with E-state index < -0.39 is 0 Å². The molecule has 3 nitrogen and oxygen atoms in total. The number of rotatable bonds is 6. The summed E-state index contributed by atoms with van der Waals surface area (Å²) in [6, 6.07) is 17.5. The number of benzene rings is 2. The first-order valence-electron chi connectivity index (χ1n) is 7.09. The maximum absolute atomic E-state index is 12.3. The summed E-state index contributed by atoms with van der Waals surface area (Å²) in [6.45, 7) is 2.21. The molecule has 2 aromatic rings. The van der Waals surface area contributed by atoms with Crippen LogP contribution in [0.4, 0.5) is 0 Å². The highest BCUT2D eigenvalue weighted by molar-refractivity contribution is 5.78. The summed E-state index contributed by atoms with van der Waals surface area (Å²) in [6.07, 6.45) is 0.562. The van der Waals surface area contributed by atoms with Crippen molar-refractivity contribution in [1.82, 2.24) is 0 Å². The molecule has 1 atom stereocenters. The van der Waals surface area contributed by atoms with Crippen molar-refractivity contribution in [2.45, 2.75) is 19.3 Å². The largest absolute Gasteiger partial charge is 0.496 e. The molecule has 0 radical (unpaired) electrons. The monoisotopic (exact) mass is 284 g/mol. The van der Waals surface area contributed by atoms with Crippen molar-refractivity contribution in [2.75, 3.05) is 13.7 Å². The van der Waals surface area contributed by atoms with Crippen molar-refractivity contribution < 1.29 is 14.3 Å². The second kappa shape index (κ2) is 7.48. The molecule has 0 heterocycles. The van der Waals surface area contributed by atoms with Crippen molar-refractivity contribution >= 4 is 5.97 Å². The Hall–Kier alpha value is -2.29. The number of para-hydroxylation sites is 1. The van der Waals surface area contributed by atoms with Crippen molar-refractivity contribution in [3.05, 3.63) is 65.7 Å². The number of carbonyl (C=O) groups excluding carboxylic acids is 1. The van der Waals surface area contributed by atoms with E-state index >= 15 is 0 Å². The fraction of sp³-hybridized carbons (Fsp3) is 0.278. The summed E-state index contributed by atoms with van der Waals surface area (Å²) in [4.78, 5) is 12.3. The van der Waals surface area contributed by atoms with Crippen LogP contribution in [0.1, 0.15) is 24.0 Å². The lowest BCUT2D eigenvalue weighted by Crippen LogP contribution is -2.18. The van der Waals surface area contributed by atoms with Crippen LogP contribution in [-0.2, 0) is 16.0 Å². The van der Waals surface area contributed by atoms with Gasteiger partial charge in [-0.25, -0.2) is 0 Å². The standard InChI is InChI=1S/C18H20O3/c1-3-21-18(19)16(14-9-5-4-6-10-14)13-15-11-7-8-12-17(15)20-2/h4-12,16H,3,13H2,1-2H3. The molecule has 21 heavy (non-hydrogen) atoms. The van der Waals surface area contributed by atoms with E-state index in [-0.39, 0.29) is 11.9 Å². The highest BCUT2D eigenvalue weighted by Crippen LogP contribution is 2.27. The highest BCUT2D eigenvalue weighted by atomic mass is 16.5. The summed E-state index contributed by atoms with van der Waals surface area (Å²) in [5.74, 6) is 0.278. The van der Waals surface area contributed by atoms with E-state index in [9.17, 15) is 4.79 Å². The number of carbonyl (C=O) groups is 1. The lowest BCUT2D eigenvalue weighted by atomic mass is 9.91. The van der Waals surface area contributed by atoms with E-state index in [4.69, 9.17) is 9.47 Å². The Labute approximate surface area is 125 Å². The summed E-state index contributed by atoms with van der Waals surface area (Å²) in [5.41, 5.74) is 1.96. The Balaban J connectivity index is 2.30. The van der Waals surface area contributed by atoms with Crippen LogP contribution in [0.3, 0.4) is 0 Å². The molecule has 1 unspecified atom stereocenters. The summed E-state index contributed by atoms with van der Waals surface area (Å²) in [5, 5.41) is 0. The number of esters is 1. The maximum atomic E-state index is 12.3. The first-order valence-corrected chi connectivity index (χ1v) is 7.09. The number of hydrogen-bond acceptors (Lipinski definition) is 3. The van der Waals surface area contributed by atoms with Crippen molar-refractivity contribution in [3.8, 4) is 5.75 Å². The second-order valence-corrected chi connectivity index (χ2v) is 4.73. The Morgan fingerprint density at radius 1 is 1.05 bits per heavy atom. The van der Waals surface area contributed by atoms with Crippen molar-refractivity contribution in [3.63, 3.8) is 0 Å². The average molecular weight is 284 g/mol. The zero-order valence-electron chi connectivity index (χ0n) is 12.4. The second-order valence-electron chi connectivity index (χ2n) is 4.73. The minimum atomic E-state index is -0.317. The van der Waals surface area contributed by atoms with Gasteiger partial charge in [0.1, 0.15) is 5.75 Å². The van der Waals surface area contributed by atoms with Gasteiger partial charge in [0.25, 0.3) is 0 Å². The molecule has 0 spiro atoms. The molecule has 0 aliphatic rings.